The third-order valence-corrected chi connectivity index (χ3v) is 6.28. The van der Waals surface area contributed by atoms with Crippen LogP contribution in [0.5, 0.6) is 23.3 Å². The molecule has 10 heteroatoms. The molecule has 9 nitrogen and oxygen atoms in total. The van der Waals surface area contributed by atoms with E-state index in [1.165, 1.54) is 50.2 Å². The first-order valence-corrected chi connectivity index (χ1v) is 10.2. The normalized spacial score (nSPS) is 17.8. The molecule has 1 fully saturated rings. The minimum atomic E-state index is -3.70. The monoisotopic (exact) mass is 409 g/mol. The Morgan fingerprint density at radius 1 is 1.04 bits per heavy atom. The maximum absolute atomic E-state index is 13.1. The fourth-order valence-electron chi connectivity index (χ4n) is 3.00. The van der Waals surface area contributed by atoms with Gasteiger partial charge in [-0.25, -0.2) is 8.42 Å². The van der Waals surface area contributed by atoms with Crippen molar-refractivity contribution in [1.29, 1.82) is 0 Å². The van der Waals surface area contributed by atoms with Crippen LogP contribution in [0.25, 0.3) is 0 Å². The molecule has 1 atom stereocenters. The molecule has 1 aliphatic heterocycles. The van der Waals surface area contributed by atoms with Crippen molar-refractivity contribution >= 4 is 10.0 Å². The highest BCUT2D eigenvalue weighted by atomic mass is 32.2. The summed E-state index contributed by atoms with van der Waals surface area (Å²) in [6, 6.07) is 4.55. The number of piperidine rings is 1. The summed E-state index contributed by atoms with van der Waals surface area (Å²) >= 11 is 0. The average molecular weight is 409 g/mol. The largest absolute Gasteiger partial charge is 0.493 e. The molecular formula is C18H23N3O6S. The van der Waals surface area contributed by atoms with Gasteiger partial charge in [-0.2, -0.15) is 9.29 Å². The zero-order chi connectivity index (χ0) is 20.1. The summed E-state index contributed by atoms with van der Waals surface area (Å²) in [7, 11) is 0.758. The quantitative estimate of drug-likeness (QED) is 0.682. The second-order valence-corrected chi connectivity index (χ2v) is 8.10. The van der Waals surface area contributed by atoms with E-state index in [1.807, 2.05) is 0 Å². The number of nitrogens with zero attached hydrogens (tertiary/aromatic N) is 3. The van der Waals surface area contributed by atoms with Crippen LogP contribution in [0.15, 0.2) is 35.5 Å². The maximum Gasteiger partial charge on any atom is 0.243 e. The number of methoxy groups -OCH3 is 3. The van der Waals surface area contributed by atoms with Gasteiger partial charge in [-0.1, -0.05) is 0 Å². The van der Waals surface area contributed by atoms with Crippen LogP contribution >= 0.6 is 0 Å². The number of sulfonamides is 1. The van der Waals surface area contributed by atoms with E-state index in [4.69, 9.17) is 18.9 Å². The van der Waals surface area contributed by atoms with Gasteiger partial charge < -0.3 is 18.9 Å². The molecule has 0 radical (unpaired) electrons. The van der Waals surface area contributed by atoms with Gasteiger partial charge in [-0.3, -0.25) is 4.98 Å². The molecule has 3 rings (SSSR count). The molecule has 28 heavy (non-hydrogen) atoms. The van der Waals surface area contributed by atoms with Gasteiger partial charge in [-0.05, 0) is 25.0 Å². The molecule has 0 aliphatic carbocycles. The molecular weight excluding hydrogens is 386 g/mol. The number of ether oxygens (including phenoxy) is 4. The number of rotatable bonds is 7. The highest BCUT2D eigenvalue weighted by molar-refractivity contribution is 7.89. The van der Waals surface area contributed by atoms with E-state index in [1.54, 1.807) is 6.07 Å². The van der Waals surface area contributed by atoms with Crippen LogP contribution in [0.2, 0.25) is 0 Å². The van der Waals surface area contributed by atoms with E-state index in [-0.39, 0.29) is 17.5 Å². The minimum Gasteiger partial charge on any atom is -0.493 e. The Kier molecular flexibility index (Phi) is 6.20. The first-order valence-electron chi connectivity index (χ1n) is 8.72. The Hall–Kier alpha value is -2.59. The average Bonchev–Trinajstić information content (AvgIpc) is 2.73. The number of hydrogen-bond acceptors (Lipinski definition) is 8. The molecule has 1 unspecified atom stereocenters. The van der Waals surface area contributed by atoms with Crippen LogP contribution in [0, 0.1) is 0 Å². The SMILES string of the molecule is COc1cncc(OC2CCCN(S(=O)(=O)c3ccc(OC)c(OC)c3)C2)n1. The lowest BCUT2D eigenvalue weighted by atomic mass is 10.1. The van der Waals surface area contributed by atoms with Crippen molar-refractivity contribution in [3.05, 3.63) is 30.6 Å². The number of aromatic nitrogens is 2. The summed E-state index contributed by atoms with van der Waals surface area (Å²) in [5.74, 6) is 1.47. The first kappa shape index (κ1) is 20.2. The highest BCUT2D eigenvalue weighted by Gasteiger charge is 2.32. The standard InChI is InChI=1S/C18H23N3O6S/c1-24-15-7-6-14(9-16(15)25-2)28(22,23)21-8-4-5-13(12-21)27-18-11-19-10-17(20-18)26-3/h6-7,9-11,13H,4-5,8,12H2,1-3H3. The van der Waals surface area contributed by atoms with E-state index >= 15 is 0 Å². The molecule has 1 aliphatic rings. The van der Waals surface area contributed by atoms with Crippen LogP contribution in [-0.2, 0) is 10.0 Å². The van der Waals surface area contributed by atoms with Crippen LogP contribution in [-0.4, -0.2) is 63.2 Å². The van der Waals surface area contributed by atoms with Crippen LogP contribution in [0.4, 0.5) is 0 Å². The molecule has 0 amide bonds. The summed E-state index contributed by atoms with van der Waals surface area (Å²) in [5, 5.41) is 0. The predicted molar refractivity (Wildman–Crippen MR) is 101 cm³/mol. The third-order valence-electron chi connectivity index (χ3n) is 4.42. The second-order valence-electron chi connectivity index (χ2n) is 6.16. The molecule has 0 saturated carbocycles. The Morgan fingerprint density at radius 2 is 1.79 bits per heavy atom. The van der Waals surface area contributed by atoms with Crippen LogP contribution in [0.1, 0.15) is 12.8 Å². The Balaban J connectivity index is 1.77. The smallest absolute Gasteiger partial charge is 0.243 e. The Labute approximate surface area is 164 Å². The fourth-order valence-corrected chi connectivity index (χ4v) is 4.53. The molecule has 2 aromatic rings. The van der Waals surface area contributed by atoms with Crippen molar-refractivity contribution in [2.45, 2.75) is 23.8 Å². The van der Waals surface area contributed by atoms with Gasteiger partial charge in [0.15, 0.2) is 11.5 Å². The minimum absolute atomic E-state index is 0.145. The second kappa shape index (κ2) is 8.61. The maximum atomic E-state index is 13.1. The van der Waals surface area contributed by atoms with Gasteiger partial charge in [0.1, 0.15) is 6.10 Å². The van der Waals surface area contributed by atoms with Crippen molar-refractivity contribution in [3.63, 3.8) is 0 Å². The summed E-state index contributed by atoms with van der Waals surface area (Å²) in [4.78, 5) is 8.31. The molecule has 1 aromatic heterocycles. The molecule has 1 saturated heterocycles. The van der Waals surface area contributed by atoms with Crippen molar-refractivity contribution < 1.29 is 27.4 Å². The third kappa shape index (κ3) is 4.28. The zero-order valence-corrected chi connectivity index (χ0v) is 16.8. The predicted octanol–water partition coefficient (Wildman–Crippen LogP) is 1.73. The number of hydrogen-bond donors (Lipinski definition) is 0. The summed E-state index contributed by atoms with van der Waals surface area (Å²) < 4.78 is 48.8. The summed E-state index contributed by atoms with van der Waals surface area (Å²) in [6.07, 6.45) is 4.02. The lowest BCUT2D eigenvalue weighted by Crippen LogP contribution is -2.44. The van der Waals surface area contributed by atoms with E-state index in [0.717, 1.165) is 6.42 Å². The number of benzene rings is 1. The van der Waals surface area contributed by atoms with Gasteiger partial charge >= 0.3 is 0 Å². The van der Waals surface area contributed by atoms with E-state index in [0.29, 0.717) is 36.2 Å². The van der Waals surface area contributed by atoms with Gasteiger partial charge in [-0.15, -0.1) is 0 Å². The van der Waals surface area contributed by atoms with Crippen molar-refractivity contribution in [2.75, 3.05) is 34.4 Å². The van der Waals surface area contributed by atoms with Crippen molar-refractivity contribution in [2.24, 2.45) is 0 Å². The lowest BCUT2D eigenvalue weighted by Gasteiger charge is -2.31. The van der Waals surface area contributed by atoms with Gasteiger partial charge in [0.05, 0.1) is 45.2 Å². The van der Waals surface area contributed by atoms with E-state index in [9.17, 15) is 8.42 Å². The molecule has 2 heterocycles. The molecule has 0 bridgehead atoms. The molecule has 0 N–H and O–H groups in total. The first-order chi connectivity index (χ1) is 13.5. The van der Waals surface area contributed by atoms with Gasteiger partial charge in [0.2, 0.25) is 21.8 Å². The van der Waals surface area contributed by atoms with Crippen molar-refractivity contribution in [1.82, 2.24) is 14.3 Å². The zero-order valence-electron chi connectivity index (χ0n) is 16.0. The van der Waals surface area contributed by atoms with Crippen LogP contribution in [0.3, 0.4) is 0 Å². The molecule has 152 valence electrons. The van der Waals surface area contributed by atoms with Crippen molar-refractivity contribution in [3.8, 4) is 23.3 Å². The van der Waals surface area contributed by atoms with Crippen LogP contribution < -0.4 is 18.9 Å². The molecule has 1 aromatic carbocycles. The van der Waals surface area contributed by atoms with E-state index < -0.39 is 10.0 Å². The lowest BCUT2D eigenvalue weighted by molar-refractivity contribution is 0.123. The summed E-state index contributed by atoms with van der Waals surface area (Å²) in [5.41, 5.74) is 0. The highest BCUT2D eigenvalue weighted by Crippen LogP contribution is 2.31. The Morgan fingerprint density at radius 3 is 2.50 bits per heavy atom. The topological polar surface area (TPSA) is 100 Å². The fraction of sp³-hybridized carbons (Fsp3) is 0.444. The molecule has 0 spiro atoms. The van der Waals surface area contributed by atoms with Gasteiger partial charge in [0, 0.05) is 12.6 Å². The van der Waals surface area contributed by atoms with E-state index in [2.05, 4.69) is 9.97 Å². The van der Waals surface area contributed by atoms with Gasteiger partial charge in [0.25, 0.3) is 0 Å². The Bertz CT molecular complexity index is 921. The summed E-state index contributed by atoms with van der Waals surface area (Å²) in [6.45, 7) is 0.635.